The zero-order valence-corrected chi connectivity index (χ0v) is 16.7. The van der Waals surface area contributed by atoms with Crippen molar-refractivity contribution in [1.29, 1.82) is 0 Å². The fraction of sp³-hybridized carbons (Fsp3) is 0.235. The van der Waals surface area contributed by atoms with Crippen LogP contribution in [0, 0.1) is 0 Å². The molecule has 0 aliphatic carbocycles. The van der Waals surface area contributed by atoms with E-state index in [0.717, 1.165) is 0 Å². The van der Waals surface area contributed by atoms with Gasteiger partial charge in [0.1, 0.15) is 5.75 Å². The minimum atomic E-state index is -3.87. The van der Waals surface area contributed by atoms with Crippen LogP contribution in [0.5, 0.6) is 5.75 Å². The summed E-state index contributed by atoms with van der Waals surface area (Å²) in [5.74, 6) is 0.348. The molecule has 0 radical (unpaired) electrons. The van der Waals surface area contributed by atoms with Crippen LogP contribution in [0.15, 0.2) is 51.8 Å². The highest BCUT2D eigenvalue weighted by molar-refractivity contribution is 9.10. The molecule has 0 spiro atoms. The largest absolute Gasteiger partial charge is 0.492 e. The van der Waals surface area contributed by atoms with E-state index in [0.29, 0.717) is 22.5 Å². The predicted octanol–water partition coefficient (Wildman–Crippen LogP) is 4.22. The number of carbonyl (C=O) groups is 1. The molecule has 2 aromatic carbocycles. The standard InChI is InChI=1S/C17H19BrN2O5S/c1-3-24-16-10-9-12(11-15(16)19-17(21)25-4-2)26(22,23)20-14-8-6-5-7-13(14)18/h5-11,20H,3-4H2,1-2H3,(H,19,21). The molecule has 7 nitrogen and oxygen atoms in total. The van der Waals surface area contributed by atoms with Crippen molar-refractivity contribution in [2.24, 2.45) is 0 Å². The quantitative estimate of drug-likeness (QED) is 0.669. The van der Waals surface area contributed by atoms with Gasteiger partial charge in [0.05, 0.1) is 29.5 Å². The number of sulfonamides is 1. The van der Waals surface area contributed by atoms with E-state index in [-0.39, 0.29) is 17.2 Å². The average Bonchev–Trinajstić information content (AvgIpc) is 2.58. The number of rotatable bonds is 7. The zero-order valence-electron chi connectivity index (χ0n) is 14.3. The number of nitrogens with one attached hydrogen (secondary N) is 2. The molecule has 2 aromatic rings. The van der Waals surface area contributed by atoms with E-state index < -0.39 is 16.1 Å². The normalized spacial score (nSPS) is 10.9. The van der Waals surface area contributed by atoms with Gasteiger partial charge in [0.25, 0.3) is 10.0 Å². The Hall–Kier alpha value is -2.26. The highest BCUT2D eigenvalue weighted by Gasteiger charge is 2.19. The minimum Gasteiger partial charge on any atom is -0.492 e. The molecule has 26 heavy (non-hydrogen) atoms. The lowest BCUT2D eigenvalue weighted by molar-refractivity contribution is 0.167. The molecular formula is C17H19BrN2O5S. The molecule has 0 atom stereocenters. The number of hydrogen-bond acceptors (Lipinski definition) is 5. The minimum absolute atomic E-state index is 0.0245. The van der Waals surface area contributed by atoms with Crippen LogP contribution < -0.4 is 14.8 Å². The lowest BCUT2D eigenvalue weighted by Gasteiger charge is -2.14. The van der Waals surface area contributed by atoms with Crippen LogP contribution >= 0.6 is 15.9 Å². The third-order valence-corrected chi connectivity index (χ3v) is 5.25. The maximum absolute atomic E-state index is 12.7. The Balaban J connectivity index is 2.36. The van der Waals surface area contributed by atoms with Gasteiger partial charge in [-0.2, -0.15) is 0 Å². The van der Waals surface area contributed by atoms with Crippen LogP contribution in [0.25, 0.3) is 0 Å². The molecule has 2 rings (SSSR count). The summed E-state index contributed by atoms with van der Waals surface area (Å²) in [6.07, 6.45) is -0.693. The van der Waals surface area contributed by atoms with Crippen LogP contribution in [0.4, 0.5) is 16.2 Å². The van der Waals surface area contributed by atoms with Gasteiger partial charge in [-0.3, -0.25) is 10.0 Å². The molecule has 0 fully saturated rings. The summed E-state index contributed by atoms with van der Waals surface area (Å²) in [6, 6.07) is 11.1. The SMILES string of the molecule is CCOC(=O)Nc1cc(S(=O)(=O)Nc2ccccc2Br)ccc1OCC. The molecule has 0 saturated heterocycles. The van der Waals surface area contributed by atoms with Gasteiger partial charge in [0.15, 0.2) is 0 Å². The molecule has 1 amide bonds. The summed E-state index contributed by atoms with van der Waals surface area (Å²) in [5.41, 5.74) is 0.613. The number of benzene rings is 2. The summed E-state index contributed by atoms with van der Waals surface area (Å²) in [5, 5.41) is 2.50. The number of ether oxygens (including phenoxy) is 2. The van der Waals surface area contributed by atoms with Crippen molar-refractivity contribution in [2.45, 2.75) is 18.7 Å². The smallest absolute Gasteiger partial charge is 0.411 e. The van der Waals surface area contributed by atoms with Gasteiger partial charge < -0.3 is 9.47 Å². The Bertz CT molecular complexity index is 886. The van der Waals surface area contributed by atoms with E-state index in [2.05, 4.69) is 26.0 Å². The predicted molar refractivity (Wildman–Crippen MR) is 103 cm³/mol. The lowest BCUT2D eigenvalue weighted by atomic mass is 10.3. The van der Waals surface area contributed by atoms with Crippen molar-refractivity contribution in [3.63, 3.8) is 0 Å². The second kappa shape index (κ2) is 8.91. The zero-order chi connectivity index (χ0) is 19.2. The van der Waals surface area contributed by atoms with Crippen LogP contribution in [0.1, 0.15) is 13.8 Å². The summed E-state index contributed by atoms with van der Waals surface area (Å²) in [7, 11) is -3.87. The van der Waals surface area contributed by atoms with Crippen molar-refractivity contribution in [3.8, 4) is 5.75 Å². The number of anilines is 2. The van der Waals surface area contributed by atoms with Crippen molar-refractivity contribution < 1.29 is 22.7 Å². The summed E-state index contributed by atoms with van der Waals surface area (Å²) >= 11 is 3.30. The Morgan fingerprint density at radius 2 is 1.81 bits per heavy atom. The second-order valence-electron chi connectivity index (χ2n) is 5.02. The van der Waals surface area contributed by atoms with Crippen molar-refractivity contribution in [3.05, 3.63) is 46.9 Å². The molecule has 0 unspecified atom stereocenters. The monoisotopic (exact) mass is 442 g/mol. The van der Waals surface area contributed by atoms with Crippen LogP contribution in [-0.2, 0) is 14.8 Å². The fourth-order valence-corrected chi connectivity index (χ4v) is 3.70. The van der Waals surface area contributed by atoms with E-state index in [9.17, 15) is 13.2 Å². The van der Waals surface area contributed by atoms with Gasteiger partial charge in [0, 0.05) is 4.47 Å². The number of carbonyl (C=O) groups excluding carboxylic acids is 1. The first-order chi connectivity index (χ1) is 12.4. The summed E-state index contributed by atoms with van der Waals surface area (Å²) in [4.78, 5) is 11.7. The molecule has 0 heterocycles. The Kier molecular flexibility index (Phi) is 6.87. The average molecular weight is 443 g/mol. The molecule has 140 valence electrons. The van der Waals surface area contributed by atoms with E-state index >= 15 is 0 Å². The van der Waals surface area contributed by atoms with Crippen molar-refractivity contribution in [1.82, 2.24) is 0 Å². The first kappa shape index (κ1) is 20.1. The Morgan fingerprint density at radius 3 is 2.46 bits per heavy atom. The topological polar surface area (TPSA) is 93.7 Å². The van der Waals surface area contributed by atoms with E-state index in [1.54, 1.807) is 38.1 Å². The third kappa shape index (κ3) is 5.12. The maximum atomic E-state index is 12.7. The molecule has 9 heteroatoms. The molecule has 2 N–H and O–H groups in total. The lowest BCUT2D eigenvalue weighted by Crippen LogP contribution is -2.16. The van der Waals surface area contributed by atoms with Gasteiger partial charge in [-0.15, -0.1) is 0 Å². The fourth-order valence-electron chi connectivity index (χ4n) is 2.08. The van der Waals surface area contributed by atoms with Crippen molar-refractivity contribution >= 4 is 43.4 Å². The van der Waals surface area contributed by atoms with Crippen LogP contribution in [-0.4, -0.2) is 27.7 Å². The number of amides is 1. The maximum Gasteiger partial charge on any atom is 0.411 e. The van der Waals surface area contributed by atoms with Crippen LogP contribution in [0.3, 0.4) is 0 Å². The van der Waals surface area contributed by atoms with E-state index in [4.69, 9.17) is 9.47 Å². The van der Waals surface area contributed by atoms with Gasteiger partial charge >= 0.3 is 6.09 Å². The van der Waals surface area contributed by atoms with E-state index in [1.165, 1.54) is 18.2 Å². The number of halogens is 1. The van der Waals surface area contributed by atoms with E-state index in [1.807, 2.05) is 0 Å². The highest BCUT2D eigenvalue weighted by Crippen LogP contribution is 2.30. The molecule has 0 bridgehead atoms. The third-order valence-electron chi connectivity index (χ3n) is 3.19. The molecule has 0 aliphatic rings. The Morgan fingerprint density at radius 1 is 1.08 bits per heavy atom. The molecule has 0 aliphatic heterocycles. The van der Waals surface area contributed by atoms with Gasteiger partial charge in [0.2, 0.25) is 0 Å². The van der Waals surface area contributed by atoms with Crippen LogP contribution in [0.2, 0.25) is 0 Å². The Labute approximate surface area is 160 Å². The number of para-hydroxylation sites is 1. The summed E-state index contributed by atoms with van der Waals surface area (Å²) < 4.78 is 38.7. The van der Waals surface area contributed by atoms with Gasteiger partial charge in [-0.1, -0.05) is 12.1 Å². The molecule has 0 aromatic heterocycles. The first-order valence-electron chi connectivity index (χ1n) is 7.85. The number of hydrogen-bond donors (Lipinski definition) is 2. The first-order valence-corrected chi connectivity index (χ1v) is 10.1. The molecule has 0 saturated carbocycles. The molecular weight excluding hydrogens is 424 g/mol. The van der Waals surface area contributed by atoms with Crippen molar-refractivity contribution in [2.75, 3.05) is 23.3 Å². The summed E-state index contributed by atoms with van der Waals surface area (Å²) in [6.45, 7) is 4.01. The second-order valence-corrected chi connectivity index (χ2v) is 7.56. The van der Waals surface area contributed by atoms with Gasteiger partial charge in [-0.25, -0.2) is 13.2 Å². The highest BCUT2D eigenvalue weighted by atomic mass is 79.9. The van der Waals surface area contributed by atoms with Gasteiger partial charge in [-0.05, 0) is 60.1 Å².